The zero-order chi connectivity index (χ0) is 29.7. The van der Waals surface area contributed by atoms with Gasteiger partial charge in [-0.15, -0.1) is 0 Å². The molecule has 3 aliphatic heterocycles. The summed E-state index contributed by atoms with van der Waals surface area (Å²) >= 11 is 0. The number of carbonyl (C=O) groups excluding carboxylic acids is 2. The highest BCUT2D eigenvalue weighted by Gasteiger charge is 2.51. The van der Waals surface area contributed by atoms with Gasteiger partial charge < -0.3 is 24.0 Å². The molecule has 0 aromatic heterocycles. The number of hydrogen-bond donors (Lipinski definition) is 0. The molecule has 1 unspecified atom stereocenters. The van der Waals surface area contributed by atoms with E-state index in [1.54, 1.807) is 4.90 Å². The summed E-state index contributed by atoms with van der Waals surface area (Å²) < 4.78 is 12.3. The van der Waals surface area contributed by atoms with Gasteiger partial charge in [0.1, 0.15) is 0 Å². The van der Waals surface area contributed by atoms with Crippen LogP contribution in [0.3, 0.4) is 0 Å². The van der Waals surface area contributed by atoms with Crippen LogP contribution in [0.2, 0.25) is 0 Å². The van der Waals surface area contributed by atoms with Crippen molar-refractivity contribution < 1.29 is 18.9 Å². The predicted octanol–water partition coefficient (Wildman–Crippen LogP) is 4.23. The Balaban J connectivity index is 1.12. The lowest BCUT2D eigenvalue weighted by molar-refractivity contribution is 0.00578. The molecule has 5 rings (SSSR count). The minimum atomic E-state index is -0.449. The van der Waals surface area contributed by atoms with Crippen molar-refractivity contribution in [3.8, 4) is 0 Å². The van der Waals surface area contributed by atoms with E-state index >= 15 is 0 Å². The number of hydrogen-bond acceptors (Lipinski definition) is 5. The van der Waals surface area contributed by atoms with E-state index in [2.05, 4.69) is 18.7 Å². The Bertz CT molecular complexity index is 1100. The van der Waals surface area contributed by atoms with Crippen molar-refractivity contribution in [1.29, 1.82) is 0 Å². The molecule has 4 aliphatic rings. The number of amides is 3. The van der Waals surface area contributed by atoms with Crippen molar-refractivity contribution in [2.75, 3.05) is 40.3 Å². The van der Waals surface area contributed by atoms with Gasteiger partial charge in [-0.2, -0.15) is 0 Å². The molecule has 1 aromatic rings. The van der Waals surface area contributed by atoms with Gasteiger partial charge in [0.2, 0.25) is 0 Å². The fraction of sp³-hybridized carbons (Fsp3) is 0.750. The van der Waals surface area contributed by atoms with E-state index in [1.807, 2.05) is 75.9 Å². The van der Waals surface area contributed by atoms with Crippen LogP contribution in [-0.2, 0) is 9.31 Å². The fourth-order valence-corrected chi connectivity index (χ4v) is 6.91. The summed E-state index contributed by atoms with van der Waals surface area (Å²) in [5, 5.41) is 0. The molecule has 41 heavy (non-hydrogen) atoms. The molecule has 1 aliphatic carbocycles. The maximum atomic E-state index is 13.5. The molecule has 1 saturated carbocycles. The smallest absolute Gasteiger partial charge is 0.399 e. The van der Waals surface area contributed by atoms with Crippen molar-refractivity contribution in [1.82, 2.24) is 19.6 Å². The molecule has 0 bridgehead atoms. The molecular formula is C32H51BN4O4. The van der Waals surface area contributed by atoms with Crippen molar-refractivity contribution in [3.63, 3.8) is 0 Å². The summed E-state index contributed by atoms with van der Waals surface area (Å²) in [6.45, 7) is 16.2. The third-order valence-electron chi connectivity index (χ3n) is 10.9. The van der Waals surface area contributed by atoms with Gasteiger partial charge in [0.15, 0.2) is 0 Å². The largest absolute Gasteiger partial charge is 0.494 e. The Kier molecular flexibility index (Phi) is 8.29. The van der Waals surface area contributed by atoms with E-state index < -0.39 is 18.3 Å². The Morgan fingerprint density at radius 2 is 1.37 bits per heavy atom. The average molecular weight is 567 g/mol. The fourth-order valence-electron chi connectivity index (χ4n) is 6.91. The standard InChI is InChI=1S/C32H51BN4O4/c1-30(2)17-13-25(14-18-30)36-19-15-27(21-36)35(8)29(39)37-20-16-26(22-37)34(7)28(38)23-9-11-24(12-10-23)33-40-31(3,4)32(5,6)41-33/h9-12,25-27H,13-22H2,1-8H3/t26-,27?/m0/s1. The normalized spacial score (nSPS) is 27.8. The highest BCUT2D eigenvalue weighted by atomic mass is 16.7. The van der Waals surface area contributed by atoms with Crippen LogP contribution in [0, 0.1) is 5.41 Å². The third kappa shape index (κ3) is 6.18. The van der Waals surface area contributed by atoms with Gasteiger partial charge >= 0.3 is 13.1 Å². The molecule has 3 saturated heterocycles. The Morgan fingerprint density at radius 1 is 0.805 bits per heavy atom. The zero-order valence-corrected chi connectivity index (χ0v) is 26.6. The van der Waals surface area contributed by atoms with Crippen LogP contribution in [-0.4, -0.2) is 108 Å². The number of carbonyl (C=O) groups is 2. The highest BCUT2D eigenvalue weighted by Crippen LogP contribution is 2.38. The summed E-state index contributed by atoms with van der Waals surface area (Å²) in [4.78, 5) is 35.2. The van der Waals surface area contributed by atoms with Gasteiger partial charge in [0.05, 0.1) is 17.2 Å². The minimum absolute atomic E-state index is 0.00768. The zero-order valence-electron chi connectivity index (χ0n) is 26.6. The SMILES string of the molecule is CN(C(=O)N1CC[C@H](N(C)C(=O)c2ccc(B3OC(C)(C)C(C)(C)O3)cc2)C1)C1CCN(C2CCC(C)(C)CC2)C1. The number of benzene rings is 1. The summed E-state index contributed by atoms with van der Waals surface area (Å²) in [7, 11) is 3.37. The van der Waals surface area contributed by atoms with Crippen LogP contribution in [0.15, 0.2) is 24.3 Å². The Hall–Kier alpha value is -2.10. The topological polar surface area (TPSA) is 65.6 Å². The first-order valence-corrected chi connectivity index (χ1v) is 15.7. The van der Waals surface area contributed by atoms with Crippen molar-refractivity contribution >= 4 is 24.5 Å². The lowest BCUT2D eigenvalue weighted by atomic mass is 9.75. The van der Waals surface area contributed by atoms with Gasteiger partial charge in [0, 0.05) is 57.9 Å². The second-order valence-corrected chi connectivity index (χ2v) is 14.7. The maximum Gasteiger partial charge on any atom is 0.494 e. The lowest BCUT2D eigenvalue weighted by Gasteiger charge is -2.39. The van der Waals surface area contributed by atoms with Gasteiger partial charge in [0.25, 0.3) is 5.91 Å². The van der Waals surface area contributed by atoms with Crippen molar-refractivity contribution in [3.05, 3.63) is 29.8 Å². The third-order valence-corrected chi connectivity index (χ3v) is 10.9. The molecule has 4 fully saturated rings. The molecule has 3 amide bonds. The molecule has 0 N–H and O–H groups in total. The summed E-state index contributed by atoms with van der Waals surface area (Å²) in [5.74, 6) is -0.0276. The van der Waals surface area contributed by atoms with Crippen LogP contribution >= 0.6 is 0 Å². The van der Waals surface area contributed by atoms with Crippen LogP contribution in [0.25, 0.3) is 0 Å². The molecule has 9 heteroatoms. The lowest BCUT2D eigenvalue weighted by Crippen LogP contribution is -2.48. The van der Waals surface area contributed by atoms with Crippen molar-refractivity contribution in [2.45, 2.75) is 109 Å². The maximum absolute atomic E-state index is 13.5. The first kappa shape index (κ1) is 30.4. The van der Waals surface area contributed by atoms with Gasteiger partial charge in [-0.1, -0.05) is 26.0 Å². The summed E-state index contributed by atoms with van der Waals surface area (Å²) in [6.07, 6.45) is 6.96. The molecule has 0 spiro atoms. The van der Waals surface area contributed by atoms with E-state index in [-0.39, 0.29) is 24.0 Å². The quantitative estimate of drug-likeness (QED) is 0.500. The number of likely N-dealkylation sites (N-methyl/N-ethyl adjacent to an activating group) is 2. The van der Waals surface area contributed by atoms with E-state index in [9.17, 15) is 9.59 Å². The Morgan fingerprint density at radius 3 is 1.98 bits per heavy atom. The summed E-state index contributed by atoms with van der Waals surface area (Å²) in [6, 6.07) is 8.57. The van der Waals surface area contributed by atoms with E-state index in [1.165, 1.54) is 25.7 Å². The highest BCUT2D eigenvalue weighted by molar-refractivity contribution is 6.62. The van der Waals surface area contributed by atoms with E-state index in [0.717, 1.165) is 31.4 Å². The van der Waals surface area contributed by atoms with Gasteiger partial charge in [-0.3, -0.25) is 9.69 Å². The number of likely N-dealkylation sites (tertiary alicyclic amines) is 2. The van der Waals surface area contributed by atoms with E-state index in [4.69, 9.17) is 9.31 Å². The average Bonchev–Trinajstić information content (AvgIpc) is 3.65. The molecule has 3 heterocycles. The van der Waals surface area contributed by atoms with Crippen LogP contribution in [0.1, 0.15) is 90.4 Å². The van der Waals surface area contributed by atoms with E-state index in [0.29, 0.717) is 30.1 Å². The predicted molar refractivity (Wildman–Crippen MR) is 163 cm³/mol. The molecule has 0 radical (unpaired) electrons. The number of rotatable bonds is 5. The molecular weight excluding hydrogens is 515 g/mol. The molecule has 1 aromatic carbocycles. The summed E-state index contributed by atoms with van der Waals surface area (Å²) in [5.41, 5.74) is 1.20. The van der Waals surface area contributed by atoms with Crippen LogP contribution in [0.5, 0.6) is 0 Å². The Labute approximate surface area is 247 Å². The van der Waals surface area contributed by atoms with Crippen molar-refractivity contribution in [2.24, 2.45) is 5.41 Å². The van der Waals surface area contributed by atoms with Crippen LogP contribution in [0.4, 0.5) is 4.79 Å². The molecule has 2 atom stereocenters. The minimum Gasteiger partial charge on any atom is -0.399 e. The first-order valence-electron chi connectivity index (χ1n) is 15.7. The monoisotopic (exact) mass is 566 g/mol. The molecule has 226 valence electrons. The first-order chi connectivity index (χ1) is 19.2. The van der Waals surface area contributed by atoms with Gasteiger partial charge in [-0.05, 0) is 89.2 Å². The second-order valence-electron chi connectivity index (χ2n) is 14.7. The van der Waals surface area contributed by atoms with Crippen LogP contribution < -0.4 is 5.46 Å². The number of nitrogens with zero attached hydrogens (tertiary/aromatic N) is 4. The molecule has 8 nitrogen and oxygen atoms in total. The van der Waals surface area contributed by atoms with Gasteiger partial charge in [-0.25, -0.2) is 4.79 Å². The second kappa shape index (κ2) is 11.2. The number of urea groups is 1.